The third-order valence-electron chi connectivity index (χ3n) is 6.46. The van der Waals surface area contributed by atoms with E-state index in [9.17, 15) is 4.79 Å². The number of hydrogen-bond donors (Lipinski definition) is 3. The number of hydrogen-bond acceptors (Lipinski definition) is 6. The largest absolute Gasteiger partial charge is 0.493 e. The minimum absolute atomic E-state index is 0.0987. The highest BCUT2D eigenvalue weighted by Crippen LogP contribution is 2.43. The Hall–Kier alpha value is -3.07. The van der Waals surface area contributed by atoms with Gasteiger partial charge in [-0.05, 0) is 37.7 Å². The average molecular weight is 482 g/mol. The minimum Gasteiger partial charge on any atom is -0.493 e. The number of aromatic amines is 1. The number of halogens is 1. The van der Waals surface area contributed by atoms with E-state index in [2.05, 4.69) is 32.5 Å². The van der Waals surface area contributed by atoms with Crippen molar-refractivity contribution in [3.05, 3.63) is 59.0 Å². The normalized spacial score (nSPS) is 20.5. The van der Waals surface area contributed by atoms with E-state index in [4.69, 9.17) is 21.1 Å². The molecule has 3 N–H and O–H groups in total. The fourth-order valence-corrected chi connectivity index (χ4v) is 5.06. The number of para-hydroxylation sites is 1. The number of methoxy groups -OCH3 is 1. The Bertz CT molecular complexity index is 1180. The summed E-state index contributed by atoms with van der Waals surface area (Å²) in [5, 5.41) is 7.01. The first kappa shape index (κ1) is 22.7. The molecular formula is C25H28ClN5O3. The number of amides is 1. The number of benzene rings is 1. The van der Waals surface area contributed by atoms with Crippen molar-refractivity contribution in [3.8, 4) is 17.0 Å². The molecule has 8 nitrogen and oxygen atoms in total. The highest BCUT2D eigenvalue weighted by molar-refractivity contribution is 6.32. The van der Waals surface area contributed by atoms with Crippen molar-refractivity contribution in [2.45, 2.75) is 18.4 Å². The van der Waals surface area contributed by atoms with Crippen LogP contribution in [-0.2, 0) is 4.74 Å². The number of carbonyl (C=O) groups excluding carboxylic acids is 1. The number of morpholine rings is 1. The van der Waals surface area contributed by atoms with Gasteiger partial charge < -0.3 is 30.0 Å². The van der Waals surface area contributed by atoms with Crippen molar-refractivity contribution in [3.63, 3.8) is 0 Å². The molecule has 178 valence electrons. The van der Waals surface area contributed by atoms with Crippen LogP contribution in [0.15, 0.2) is 42.7 Å². The summed E-state index contributed by atoms with van der Waals surface area (Å²) >= 11 is 6.36. The van der Waals surface area contributed by atoms with Crippen LogP contribution in [0.1, 0.15) is 28.4 Å². The van der Waals surface area contributed by atoms with E-state index in [-0.39, 0.29) is 17.9 Å². The molecule has 3 aromatic rings. The molecule has 9 heteroatoms. The highest BCUT2D eigenvalue weighted by Gasteiger charge is 2.35. The Labute approximate surface area is 203 Å². The maximum atomic E-state index is 13.2. The van der Waals surface area contributed by atoms with Crippen LogP contribution in [0.3, 0.4) is 0 Å². The standard InChI is InChI=1S/C25H28ClN5O3/c1-31-10-11-34-17(14-31)12-16-13-28-25(32)20-21(16)30-22(15-6-8-27-9-7-15)23(20)29-19-5-3-4-18(26)24(19)33-2/h3-9,16-17,29-30H,10-14H2,1-2H3,(H,28,32)/t16-,17-/m1/s1. The molecule has 34 heavy (non-hydrogen) atoms. The fraction of sp³-hybridized carbons (Fsp3) is 0.360. The maximum Gasteiger partial charge on any atom is 0.255 e. The number of H-pyrrole nitrogens is 1. The lowest BCUT2D eigenvalue weighted by atomic mass is 9.91. The molecule has 0 saturated carbocycles. The van der Waals surface area contributed by atoms with Gasteiger partial charge in [0.1, 0.15) is 0 Å². The number of carbonyl (C=O) groups is 1. The first-order chi connectivity index (χ1) is 16.5. The second kappa shape index (κ2) is 9.66. The zero-order valence-electron chi connectivity index (χ0n) is 19.2. The molecular weight excluding hydrogens is 454 g/mol. The molecule has 0 spiro atoms. The summed E-state index contributed by atoms with van der Waals surface area (Å²) in [6, 6.07) is 9.34. The van der Waals surface area contributed by atoms with Crippen LogP contribution < -0.4 is 15.4 Å². The van der Waals surface area contributed by atoms with Gasteiger partial charge in [0.05, 0.1) is 47.5 Å². The summed E-state index contributed by atoms with van der Waals surface area (Å²) in [4.78, 5) is 23.2. The summed E-state index contributed by atoms with van der Waals surface area (Å²) in [6.07, 6.45) is 4.40. The second-order valence-corrected chi connectivity index (χ2v) is 9.15. The smallest absolute Gasteiger partial charge is 0.255 e. The zero-order chi connectivity index (χ0) is 23.7. The van der Waals surface area contributed by atoms with Crippen LogP contribution in [-0.4, -0.2) is 67.3 Å². The lowest BCUT2D eigenvalue weighted by Gasteiger charge is -2.33. The Morgan fingerprint density at radius 1 is 1.29 bits per heavy atom. The summed E-state index contributed by atoms with van der Waals surface area (Å²) in [5.41, 5.74) is 4.63. The molecule has 4 heterocycles. The van der Waals surface area contributed by atoms with E-state index >= 15 is 0 Å². The van der Waals surface area contributed by atoms with E-state index in [1.54, 1.807) is 25.6 Å². The molecule has 2 aliphatic heterocycles. The molecule has 1 fully saturated rings. The fourth-order valence-electron chi connectivity index (χ4n) is 4.81. The Balaban J connectivity index is 1.59. The summed E-state index contributed by atoms with van der Waals surface area (Å²) in [7, 11) is 3.69. The van der Waals surface area contributed by atoms with E-state index in [1.807, 2.05) is 24.3 Å². The van der Waals surface area contributed by atoms with Gasteiger partial charge in [0.25, 0.3) is 5.91 Å². The molecule has 1 amide bonds. The van der Waals surface area contributed by atoms with Crippen molar-refractivity contribution < 1.29 is 14.3 Å². The molecule has 1 aromatic carbocycles. The predicted octanol–water partition coefficient (Wildman–Crippen LogP) is 4.03. The van der Waals surface area contributed by atoms with Gasteiger partial charge in [-0.25, -0.2) is 0 Å². The lowest BCUT2D eigenvalue weighted by Crippen LogP contribution is -2.43. The number of rotatable bonds is 6. The molecule has 2 aromatic heterocycles. The summed E-state index contributed by atoms with van der Waals surface area (Å²) in [6.45, 7) is 3.10. The van der Waals surface area contributed by atoms with Crippen molar-refractivity contribution in [1.82, 2.24) is 20.2 Å². The van der Waals surface area contributed by atoms with Gasteiger partial charge in [-0.2, -0.15) is 0 Å². The molecule has 1 saturated heterocycles. The maximum absolute atomic E-state index is 13.2. The van der Waals surface area contributed by atoms with Gasteiger partial charge in [0, 0.05) is 49.2 Å². The van der Waals surface area contributed by atoms with Crippen molar-refractivity contribution in [2.75, 3.05) is 45.7 Å². The first-order valence-corrected chi connectivity index (χ1v) is 11.8. The van der Waals surface area contributed by atoms with Gasteiger partial charge in [0.15, 0.2) is 5.75 Å². The monoisotopic (exact) mass is 481 g/mol. The Kier molecular flexibility index (Phi) is 6.45. The number of likely N-dealkylation sites (N-methyl/N-ethyl adjacent to an activating group) is 1. The average Bonchev–Trinajstić information content (AvgIpc) is 3.22. The molecule has 2 aliphatic rings. The molecule has 0 radical (unpaired) electrons. The van der Waals surface area contributed by atoms with E-state index in [0.29, 0.717) is 34.3 Å². The van der Waals surface area contributed by atoms with Gasteiger partial charge in [-0.1, -0.05) is 17.7 Å². The number of fused-ring (bicyclic) bond motifs is 1. The third-order valence-corrected chi connectivity index (χ3v) is 6.76. The molecule has 0 unspecified atom stereocenters. The minimum atomic E-state index is -0.118. The number of ether oxygens (including phenoxy) is 2. The van der Waals surface area contributed by atoms with Gasteiger partial charge in [-0.3, -0.25) is 9.78 Å². The number of nitrogens with zero attached hydrogens (tertiary/aromatic N) is 2. The third kappa shape index (κ3) is 4.36. The lowest BCUT2D eigenvalue weighted by molar-refractivity contribution is -0.0268. The van der Waals surface area contributed by atoms with Crippen LogP contribution >= 0.6 is 11.6 Å². The van der Waals surface area contributed by atoms with Crippen LogP contribution in [0.4, 0.5) is 11.4 Å². The highest BCUT2D eigenvalue weighted by atomic mass is 35.5. The van der Waals surface area contributed by atoms with Gasteiger partial charge in [0.2, 0.25) is 0 Å². The van der Waals surface area contributed by atoms with Crippen molar-refractivity contribution in [1.29, 1.82) is 0 Å². The van der Waals surface area contributed by atoms with Crippen LogP contribution in [0.25, 0.3) is 11.3 Å². The van der Waals surface area contributed by atoms with Crippen LogP contribution in [0.2, 0.25) is 5.02 Å². The topological polar surface area (TPSA) is 91.5 Å². The van der Waals surface area contributed by atoms with E-state index in [1.165, 1.54) is 0 Å². The van der Waals surface area contributed by atoms with Crippen molar-refractivity contribution >= 4 is 28.9 Å². The molecule has 0 aliphatic carbocycles. The van der Waals surface area contributed by atoms with Crippen molar-refractivity contribution in [2.24, 2.45) is 0 Å². The Morgan fingerprint density at radius 3 is 2.88 bits per heavy atom. The SMILES string of the molecule is COc1c(Cl)cccc1Nc1c(-c2ccncc2)[nH]c2c1C(=O)NC[C@H]2C[C@@H]1CN(C)CCO1. The summed E-state index contributed by atoms with van der Waals surface area (Å²) in [5.74, 6) is 0.501. The van der Waals surface area contributed by atoms with E-state index in [0.717, 1.165) is 43.1 Å². The van der Waals surface area contributed by atoms with Crippen LogP contribution in [0.5, 0.6) is 5.75 Å². The molecule has 5 rings (SSSR count). The Morgan fingerprint density at radius 2 is 2.12 bits per heavy atom. The number of anilines is 2. The zero-order valence-corrected chi connectivity index (χ0v) is 20.0. The molecule has 2 atom stereocenters. The van der Waals surface area contributed by atoms with E-state index < -0.39 is 0 Å². The second-order valence-electron chi connectivity index (χ2n) is 8.74. The van der Waals surface area contributed by atoms with Gasteiger partial charge in [-0.15, -0.1) is 0 Å². The molecule has 0 bridgehead atoms. The van der Waals surface area contributed by atoms with Gasteiger partial charge >= 0.3 is 0 Å². The first-order valence-electron chi connectivity index (χ1n) is 11.4. The summed E-state index contributed by atoms with van der Waals surface area (Å²) < 4.78 is 11.6. The number of nitrogens with one attached hydrogen (secondary N) is 3. The predicted molar refractivity (Wildman–Crippen MR) is 132 cm³/mol. The van der Waals surface area contributed by atoms with Crippen LogP contribution in [0, 0.1) is 0 Å². The number of pyridine rings is 1. The number of aromatic nitrogens is 2. The quantitative estimate of drug-likeness (QED) is 0.492.